The molecule has 0 radical (unpaired) electrons. The summed E-state index contributed by atoms with van der Waals surface area (Å²) in [5.74, 6) is 1.84. The monoisotopic (exact) mass is 229 g/mol. The predicted octanol–water partition coefficient (Wildman–Crippen LogP) is -0.0988. The minimum absolute atomic E-state index is 0.118. The average molecular weight is 229 g/mol. The summed E-state index contributed by atoms with van der Waals surface area (Å²) in [5, 5.41) is -0.419. The molecule has 0 bridgehead atoms. The quantitative estimate of drug-likeness (QED) is 0.635. The Balaban J connectivity index is 2.52. The van der Waals surface area contributed by atoms with Crippen LogP contribution in [-0.4, -0.2) is 43.3 Å². The Labute approximate surface area is 90.6 Å². The summed E-state index contributed by atoms with van der Waals surface area (Å²) in [6.45, 7) is 4.22. The molecule has 0 spiro atoms. The number of nitrogens with zero attached hydrogens (tertiary/aromatic N) is 1. The largest absolute Gasteiger partial charge is 0.329 e. The van der Waals surface area contributed by atoms with E-state index in [4.69, 9.17) is 6.42 Å². The molecule has 1 aliphatic heterocycles. The van der Waals surface area contributed by atoms with Crippen molar-refractivity contribution in [2.75, 3.05) is 18.8 Å². The van der Waals surface area contributed by atoms with Crippen molar-refractivity contribution in [1.82, 2.24) is 4.90 Å². The third-order valence-electron chi connectivity index (χ3n) is 2.33. The number of terminal acetylenes is 1. The van der Waals surface area contributed by atoms with Gasteiger partial charge in [-0.1, -0.05) is 13.8 Å². The van der Waals surface area contributed by atoms with Crippen molar-refractivity contribution in [3.63, 3.8) is 0 Å². The van der Waals surface area contributed by atoms with E-state index in [0.717, 1.165) is 0 Å². The molecule has 4 nitrogen and oxygen atoms in total. The lowest BCUT2D eigenvalue weighted by molar-refractivity contribution is -0.128. The van der Waals surface area contributed by atoms with E-state index in [1.807, 2.05) is 19.8 Å². The van der Waals surface area contributed by atoms with E-state index in [9.17, 15) is 13.2 Å². The first-order valence-corrected chi connectivity index (χ1v) is 6.55. The van der Waals surface area contributed by atoms with Crippen molar-refractivity contribution >= 4 is 15.7 Å². The minimum atomic E-state index is -3.06. The van der Waals surface area contributed by atoms with E-state index in [-0.39, 0.29) is 24.8 Å². The van der Waals surface area contributed by atoms with Gasteiger partial charge in [0.05, 0.1) is 11.0 Å². The molecule has 15 heavy (non-hydrogen) atoms. The molecule has 0 saturated carbocycles. The van der Waals surface area contributed by atoms with E-state index in [1.54, 1.807) is 0 Å². The number of amides is 1. The van der Waals surface area contributed by atoms with Gasteiger partial charge in [0, 0.05) is 13.1 Å². The van der Waals surface area contributed by atoms with Crippen LogP contribution in [0.15, 0.2) is 0 Å². The lowest BCUT2D eigenvalue weighted by atomic mass is 10.2. The Hall–Kier alpha value is -1.02. The Kier molecular flexibility index (Phi) is 3.40. The number of rotatable bonds is 3. The molecule has 1 heterocycles. The van der Waals surface area contributed by atoms with E-state index >= 15 is 0 Å². The van der Waals surface area contributed by atoms with Crippen molar-refractivity contribution in [3.05, 3.63) is 0 Å². The normalized spacial score (nSPS) is 17.3. The van der Waals surface area contributed by atoms with Gasteiger partial charge < -0.3 is 4.90 Å². The zero-order chi connectivity index (χ0) is 11.6. The van der Waals surface area contributed by atoms with Gasteiger partial charge in [-0.2, -0.15) is 0 Å². The summed E-state index contributed by atoms with van der Waals surface area (Å²) in [5.41, 5.74) is 0. The zero-order valence-corrected chi connectivity index (χ0v) is 9.75. The summed E-state index contributed by atoms with van der Waals surface area (Å²) in [6.07, 6.45) is 4.93. The molecule has 0 atom stereocenters. The lowest BCUT2D eigenvalue weighted by Gasteiger charge is -2.37. The first-order valence-electron chi connectivity index (χ1n) is 4.84. The number of carbonyl (C=O) groups excluding carboxylic acids is 1. The van der Waals surface area contributed by atoms with Crippen molar-refractivity contribution in [2.45, 2.75) is 19.1 Å². The maximum Gasteiger partial charge on any atom is 0.298 e. The fourth-order valence-corrected chi connectivity index (χ4v) is 3.54. The third kappa shape index (κ3) is 2.72. The van der Waals surface area contributed by atoms with Crippen molar-refractivity contribution in [3.8, 4) is 12.3 Å². The molecular weight excluding hydrogens is 214 g/mol. The fraction of sp³-hybridized carbons (Fsp3) is 0.700. The summed E-state index contributed by atoms with van der Waals surface area (Å²) in [6, 6.07) is 0. The zero-order valence-electron chi connectivity index (χ0n) is 8.93. The van der Waals surface area contributed by atoms with E-state index in [0.29, 0.717) is 0 Å². The maximum atomic E-state index is 11.7. The molecule has 0 unspecified atom stereocenters. The van der Waals surface area contributed by atoms with Crippen molar-refractivity contribution in [1.29, 1.82) is 0 Å². The number of likely N-dealkylation sites (tertiary alicyclic amines) is 1. The standard InChI is InChI=1S/C10H15NO3S/c1-4-10(12)11-5-9(6-11)15(13,14)7-8(2)3/h1,8-9H,5-7H2,2-3H3. The first-order chi connectivity index (χ1) is 6.86. The number of hydrogen-bond acceptors (Lipinski definition) is 3. The molecule has 0 aromatic carbocycles. The molecule has 5 heteroatoms. The number of carbonyl (C=O) groups is 1. The lowest BCUT2D eigenvalue weighted by Crippen LogP contribution is -2.57. The molecule has 1 fully saturated rings. The average Bonchev–Trinajstić information content (AvgIpc) is 1.97. The highest BCUT2D eigenvalue weighted by Gasteiger charge is 2.39. The van der Waals surface area contributed by atoms with E-state index in [2.05, 4.69) is 0 Å². The topological polar surface area (TPSA) is 54.5 Å². The Morgan fingerprint density at radius 1 is 1.53 bits per heavy atom. The summed E-state index contributed by atoms with van der Waals surface area (Å²) in [4.78, 5) is 12.4. The van der Waals surface area contributed by atoms with Gasteiger partial charge in [0.25, 0.3) is 5.91 Å². The van der Waals surface area contributed by atoms with Crippen molar-refractivity contribution in [2.24, 2.45) is 5.92 Å². The van der Waals surface area contributed by atoms with Gasteiger partial charge in [0.1, 0.15) is 0 Å². The van der Waals surface area contributed by atoms with Gasteiger partial charge in [-0.3, -0.25) is 4.79 Å². The van der Waals surface area contributed by atoms with Crippen LogP contribution in [-0.2, 0) is 14.6 Å². The Morgan fingerprint density at radius 2 is 2.07 bits per heavy atom. The third-order valence-corrected chi connectivity index (χ3v) is 4.78. The summed E-state index contributed by atoms with van der Waals surface area (Å²) in [7, 11) is -3.06. The molecule has 1 saturated heterocycles. The molecular formula is C10H15NO3S. The highest BCUT2D eigenvalue weighted by atomic mass is 32.2. The number of hydrogen-bond donors (Lipinski definition) is 0. The Bertz CT molecular complexity index is 385. The van der Waals surface area contributed by atoms with E-state index < -0.39 is 21.0 Å². The van der Waals surface area contributed by atoms with Crippen LogP contribution < -0.4 is 0 Å². The van der Waals surface area contributed by atoms with Gasteiger partial charge in [0.2, 0.25) is 0 Å². The fourth-order valence-electron chi connectivity index (χ4n) is 1.52. The van der Waals surface area contributed by atoms with Crippen LogP contribution in [0.2, 0.25) is 0 Å². The van der Waals surface area contributed by atoms with Crippen LogP contribution in [0.3, 0.4) is 0 Å². The molecule has 84 valence electrons. The highest BCUT2D eigenvalue weighted by molar-refractivity contribution is 7.92. The predicted molar refractivity (Wildman–Crippen MR) is 57.8 cm³/mol. The molecule has 0 aromatic rings. The first kappa shape index (κ1) is 12.1. The van der Waals surface area contributed by atoms with Crippen LogP contribution in [0.25, 0.3) is 0 Å². The van der Waals surface area contributed by atoms with Gasteiger partial charge >= 0.3 is 0 Å². The summed E-state index contributed by atoms with van der Waals surface area (Å²) >= 11 is 0. The van der Waals surface area contributed by atoms with Crippen LogP contribution >= 0.6 is 0 Å². The van der Waals surface area contributed by atoms with Crippen LogP contribution in [0, 0.1) is 18.3 Å². The smallest absolute Gasteiger partial charge is 0.298 e. The van der Waals surface area contributed by atoms with Gasteiger partial charge in [-0.15, -0.1) is 6.42 Å². The maximum absolute atomic E-state index is 11.7. The van der Waals surface area contributed by atoms with Crippen LogP contribution in [0.1, 0.15) is 13.8 Å². The SMILES string of the molecule is C#CC(=O)N1CC(S(=O)(=O)CC(C)C)C1. The van der Waals surface area contributed by atoms with E-state index in [1.165, 1.54) is 4.90 Å². The van der Waals surface area contributed by atoms with Crippen LogP contribution in [0.5, 0.6) is 0 Å². The Morgan fingerprint density at radius 3 is 2.47 bits per heavy atom. The second kappa shape index (κ2) is 4.23. The second-order valence-corrected chi connectivity index (χ2v) is 6.53. The molecule has 1 aliphatic rings. The molecule has 1 amide bonds. The molecule has 0 aliphatic carbocycles. The highest BCUT2D eigenvalue weighted by Crippen LogP contribution is 2.18. The molecule has 1 rings (SSSR count). The van der Waals surface area contributed by atoms with Gasteiger partial charge in [-0.05, 0) is 11.8 Å². The van der Waals surface area contributed by atoms with Gasteiger partial charge in [-0.25, -0.2) is 8.42 Å². The molecule has 0 aromatic heterocycles. The summed E-state index contributed by atoms with van der Waals surface area (Å²) < 4.78 is 23.4. The second-order valence-electron chi connectivity index (χ2n) is 4.20. The number of sulfone groups is 1. The van der Waals surface area contributed by atoms with Gasteiger partial charge in [0.15, 0.2) is 9.84 Å². The van der Waals surface area contributed by atoms with Crippen molar-refractivity contribution < 1.29 is 13.2 Å². The molecule has 0 N–H and O–H groups in total. The van der Waals surface area contributed by atoms with Crippen LogP contribution in [0.4, 0.5) is 0 Å². The minimum Gasteiger partial charge on any atom is -0.329 e.